The topological polar surface area (TPSA) is 17.1 Å². The molecule has 0 N–H and O–H groups in total. The number of hydrogen-bond donors (Lipinski definition) is 0. The van der Waals surface area contributed by atoms with E-state index in [0.717, 1.165) is 0 Å². The van der Waals surface area contributed by atoms with Gasteiger partial charge in [0.05, 0.1) is 4.43 Å². The molecule has 0 radical (unpaired) electrons. The molecule has 1 aliphatic carbocycles. The number of hydrogen-bond acceptors (Lipinski definition) is 1. The third-order valence-corrected chi connectivity index (χ3v) is 3.86. The van der Waals surface area contributed by atoms with Crippen molar-refractivity contribution in [3.8, 4) is 0 Å². The van der Waals surface area contributed by atoms with E-state index in [1.165, 1.54) is 0 Å². The fraction of sp³-hybridized carbons (Fsp3) is 0.900. The van der Waals surface area contributed by atoms with Crippen LogP contribution in [-0.4, -0.2) is 16.1 Å². The number of halogens is 3. The van der Waals surface area contributed by atoms with Crippen molar-refractivity contribution in [2.75, 3.05) is 4.43 Å². The van der Waals surface area contributed by atoms with Gasteiger partial charge in [0.1, 0.15) is 5.78 Å². The molecule has 0 aromatic rings. The van der Waals surface area contributed by atoms with Crippen LogP contribution in [0.5, 0.6) is 0 Å². The molecule has 82 valence electrons. The standard InChI is InChI=1S/C10H15F2IO/c1-7(9(14)6-13)8-2-4-10(11,12)5-3-8/h7-8H,2-6H2,1H3/t7-/m0/s1. The Bertz CT molecular complexity index is 208. The highest BCUT2D eigenvalue weighted by atomic mass is 127. The SMILES string of the molecule is C[C@H](C(=O)CI)C1CCC(F)(F)CC1. The van der Waals surface area contributed by atoms with E-state index in [9.17, 15) is 13.6 Å². The van der Waals surface area contributed by atoms with Crippen molar-refractivity contribution in [1.29, 1.82) is 0 Å². The molecule has 0 unspecified atom stereocenters. The predicted octanol–water partition coefficient (Wildman–Crippen LogP) is 3.45. The molecule has 0 aromatic carbocycles. The summed E-state index contributed by atoms with van der Waals surface area (Å²) in [5, 5.41) is 0. The van der Waals surface area contributed by atoms with E-state index < -0.39 is 5.92 Å². The van der Waals surface area contributed by atoms with Crippen molar-refractivity contribution in [3.63, 3.8) is 0 Å². The lowest BCUT2D eigenvalue weighted by molar-refractivity contribution is -0.123. The first-order valence-electron chi connectivity index (χ1n) is 4.93. The second-order valence-electron chi connectivity index (χ2n) is 4.08. The molecule has 1 atom stereocenters. The predicted molar refractivity (Wildman–Crippen MR) is 60.0 cm³/mol. The summed E-state index contributed by atoms with van der Waals surface area (Å²) in [5.41, 5.74) is 0. The molecule has 0 spiro atoms. The minimum atomic E-state index is -2.48. The van der Waals surface area contributed by atoms with Crippen molar-refractivity contribution < 1.29 is 13.6 Å². The molecular weight excluding hydrogens is 301 g/mol. The fourth-order valence-electron chi connectivity index (χ4n) is 1.95. The lowest BCUT2D eigenvalue weighted by Gasteiger charge is -2.31. The molecule has 1 nitrogen and oxygen atoms in total. The molecule has 1 aliphatic rings. The number of alkyl halides is 3. The highest BCUT2D eigenvalue weighted by Crippen LogP contribution is 2.39. The quantitative estimate of drug-likeness (QED) is 0.576. The summed E-state index contributed by atoms with van der Waals surface area (Å²) >= 11 is 2.03. The molecular formula is C10H15F2IO. The first-order valence-corrected chi connectivity index (χ1v) is 6.45. The lowest BCUT2D eigenvalue weighted by Crippen LogP contribution is -2.31. The van der Waals surface area contributed by atoms with Crippen LogP contribution in [-0.2, 0) is 4.79 Å². The van der Waals surface area contributed by atoms with Crippen LogP contribution in [0.3, 0.4) is 0 Å². The Balaban J connectivity index is 2.45. The third-order valence-electron chi connectivity index (χ3n) is 3.11. The molecule has 14 heavy (non-hydrogen) atoms. The van der Waals surface area contributed by atoms with Crippen molar-refractivity contribution in [2.24, 2.45) is 11.8 Å². The van der Waals surface area contributed by atoms with Crippen LogP contribution in [0.2, 0.25) is 0 Å². The van der Waals surface area contributed by atoms with E-state index in [-0.39, 0.29) is 30.5 Å². The Hall–Kier alpha value is 0.260. The summed E-state index contributed by atoms with van der Waals surface area (Å²) < 4.78 is 26.2. The van der Waals surface area contributed by atoms with Gasteiger partial charge in [0, 0.05) is 18.8 Å². The largest absolute Gasteiger partial charge is 0.299 e. The van der Waals surface area contributed by atoms with E-state index >= 15 is 0 Å². The third kappa shape index (κ3) is 3.14. The Morgan fingerprint density at radius 2 is 2.00 bits per heavy atom. The van der Waals surface area contributed by atoms with Crippen molar-refractivity contribution in [2.45, 2.75) is 38.5 Å². The minimum Gasteiger partial charge on any atom is -0.299 e. The highest BCUT2D eigenvalue weighted by molar-refractivity contribution is 14.1. The molecule has 0 saturated heterocycles. The zero-order chi connectivity index (χ0) is 10.8. The molecule has 0 bridgehead atoms. The molecule has 4 heteroatoms. The summed E-state index contributed by atoms with van der Waals surface area (Å²) in [6, 6.07) is 0. The molecule has 0 amide bonds. The molecule has 0 heterocycles. The molecule has 1 rings (SSSR count). The van der Waals surface area contributed by atoms with Crippen LogP contribution in [0.4, 0.5) is 8.78 Å². The zero-order valence-corrected chi connectivity index (χ0v) is 10.4. The molecule has 1 fully saturated rings. The normalized spacial score (nSPS) is 24.6. The maximum Gasteiger partial charge on any atom is 0.248 e. The maximum absolute atomic E-state index is 12.8. The summed E-state index contributed by atoms with van der Waals surface area (Å²) in [7, 11) is 0. The second-order valence-corrected chi connectivity index (χ2v) is 4.84. The van der Waals surface area contributed by atoms with Gasteiger partial charge >= 0.3 is 0 Å². The van der Waals surface area contributed by atoms with E-state index in [0.29, 0.717) is 17.3 Å². The van der Waals surface area contributed by atoms with Gasteiger partial charge in [-0.05, 0) is 18.8 Å². The van der Waals surface area contributed by atoms with E-state index in [2.05, 4.69) is 0 Å². The van der Waals surface area contributed by atoms with E-state index in [4.69, 9.17) is 0 Å². The van der Waals surface area contributed by atoms with Crippen LogP contribution in [0.1, 0.15) is 32.6 Å². The summed E-state index contributed by atoms with van der Waals surface area (Å²) in [6.45, 7) is 1.87. The molecule has 0 aromatic heterocycles. The van der Waals surface area contributed by atoms with Crippen LogP contribution in [0.25, 0.3) is 0 Å². The van der Waals surface area contributed by atoms with Crippen LogP contribution < -0.4 is 0 Å². The first kappa shape index (κ1) is 12.3. The molecule has 1 saturated carbocycles. The fourth-order valence-corrected chi connectivity index (χ4v) is 2.64. The van der Waals surface area contributed by atoms with Crippen molar-refractivity contribution in [1.82, 2.24) is 0 Å². The Kier molecular flexibility index (Phi) is 4.28. The summed E-state index contributed by atoms with van der Waals surface area (Å²) in [6.07, 6.45) is 0.903. The maximum atomic E-state index is 12.8. The average molecular weight is 316 g/mol. The minimum absolute atomic E-state index is 0.0389. The smallest absolute Gasteiger partial charge is 0.248 e. The van der Waals surface area contributed by atoms with Crippen LogP contribution >= 0.6 is 22.6 Å². The van der Waals surface area contributed by atoms with Gasteiger partial charge in [-0.3, -0.25) is 4.79 Å². The van der Waals surface area contributed by atoms with Gasteiger partial charge in [0.25, 0.3) is 0 Å². The van der Waals surface area contributed by atoms with Gasteiger partial charge in [-0.15, -0.1) is 0 Å². The Labute approximate surface area is 96.8 Å². The van der Waals surface area contributed by atoms with Gasteiger partial charge in [-0.1, -0.05) is 29.5 Å². The van der Waals surface area contributed by atoms with Crippen LogP contribution in [0.15, 0.2) is 0 Å². The zero-order valence-electron chi connectivity index (χ0n) is 8.23. The van der Waals surface area contributed by atoms with Gasteiger partial charge in [0.15, 0.2) is 0 Å². The Morgan fingerprint density at radius 3 is 2.43 bits per heavy atom. The van der Waals surface area contributed by atoms with Crippen LogP contribution in [0, 0.1) is 11.8 Å². The lowest BCUT2D eigenvalue weighted by atomic mass is 9.78. The summed E-state index contributed by atoms with van der Waals surface area (Å²) in [4.78, 5) is 11.4. The number of carbonyl (C=O) groups is 1. The van der Waals surface area contributed by atoms with E-state index in [1.807, 2.05) is 29.5 Å². The number of ketones is 1. The first-order chi connectivity index (χ1) is 6.46. The Morgan fingerprint density at radius 1 is 1.50 bits per heavy atom. The van der Waals surface area contributed by atoms with Gasteiger partial charge in [-0.25, -0.2) is 8.78 Å². The van der Waals surface area contributed by atoms with Crippen molar-refractivity contribution in [3.05, 3.63) is 0 Å². The number of Topliss-reactive ketones (excluding diaryl/α,β-unsaturated/α-hetero) is 1. The van der Waals surface area contributed by atoms with Gasteiger partial charge < -0.3 is 0 Å². The number of rotatable bonds is 3. The number of carbonyl (C=O) groups excluding carboxylic acids is 1. The monoisotopic (exact) mass is 316 g/mol. The highest BCUT2D eigenvalue weighted by Gasteiger charge is 2.37. The second kappa shape index (κ2) is 4.86. The molecule has 0 aliphatic heterocycles. The van der Waals surface area contributed by atoms with Crippen molar-refractivity contribution >= 4 is 28.4 Å². The van der Waals surface area contributed by atoms with Gasteiger partial charge in [-0.2, -0.15) is 0 Å². The van der Waals surface area contributed by atoms with E-state index in [1.54, 1.807) is 0 Å². The average Bonchev–Trinajstić information content (AvgIpc) is 2.15. The summed E-state index contributed by atoms with van der Waals surface area (Å²) in [5.74, 6) is -2.15. The van der Waals surface area contributed by atoms with Gasteiger partial charge in [0.2, 0.25) is 5.92 Å².